The zero-order valence-corrected chi connectivity index (χ0v) is 17.0. The first kappa shape index (κ1) is 18.9. The van der Waals surface area contributed by atoms with Crippen molar-refractivity contribution in [2.24, 2.45) is 4.99 Å². The number of nitrogens with one attached hydrogen (secondary N) is 1. The van der Waals surface area contributed by atoms with Crippen molar-refractivity contribution in [3.63, 3.8) is 0 Å². The summed E-state index contributed by atoms with van der Waals surface area (Å²) >= 11 is 18.5. The molecular formula is C21H14Cl3N3O. The summed E-state index contributed by atoms with van der Waals surface area (Å²) in [5.41, 5.74) is 4.61. The number of aryl methyl sites for hydroxylation is 1. The van der Waals surface area contributed by atoms with Crippen LogP contribution in [0.3, 0.4) is 0 Å². The molecule has 1 N–H and O–H groups in total. The van der Waals surface area contributed by atoms with Gasteiger partial charge in [-0.2, -0.15) is 0 Å². The smallest absolute Gasteiger partial charge is 0.257 e. The summed E-state index contributed by atoms with van der Waals surface area (Å²) in [5.74, 6) is 0.353. The van der Waals surface area contributed by atoms with E-state index >= 15 is 0 Å². The lowest BCUT2D eigenvalue weighted by molar-refractivity contribution is 0.102. The second kappa shape index (κ2) is 7.55. The van der Waals surface area contributed by atoms with E-state index in [-0.39, 0.29) is 5.91 Å². The lowest BCUT2D eigenvalue weighted by Crippen LogP contribution is -2.13. The first-order chi connectivity index (χ1) is 13.4. The number of fused-ring (bicyclic) bond motifs is 1. The molecule has 140 valence electrons. The van der Waals surface area contributed by atoms with E-state index in [1.165, 1.54) is 6.07 Å². The Kier molecular flexibility index (Phi) is 5.11. The molecule has 0 saturated carbocycles. The maximum Gasteiger partial charge on any atom is 0.257 e. The van der Waals surface area contributed by atoms with Gasteiger partial charge in [-0.05, 0) is 48.9 Å². The number of aliphatic imine (C=N–C) groups is 1. The van der Waals surface area contributed by atoms with Gasteiger partial charge in [-0.3, -0.25) is 4.79 Å². The number of nitrogens with zero attached hydrogens (tertiary/aromatic N) is 2. The maximum atomic E-state index is 12.6. The van der Waals surface area contributed by atoms with Crippen LogP contribution in [0.15, 0.2) is 53.7 Å². The average Bonchev–Trinajstić information content (AvgIpc) is 3.08. The normalized spacial score (nSPS) is 12.5. The van der Waals surface area contributed by atoms with E-state index in [4.69, 9.17) is 34.8 Å². The molecule has 4 nitrogen and oxygen atoms in total. The number of hydrogen-bond acceptors (Lipinski definition) is 3. The summed E-state index contributed by atoms with van der Waals surface area (Å²) in [5, 5.41) is 4.16. The Morgan fingerprint density at radius 3 is 2.64 bits per heavy atom. The number of amides is 1. The van der Waals surface area contributed by atoms with Gasteiger partial charge >= 0.3 is 0 Å². The number of rotatable bonds is 3. The van der Waals surface area contributed by atoms with E-state index in [1.807, 2.05) is 6.92 Å². The van der Waals surface area contributed by atoms with Gasteiger partial charge in [0.25, 0.3) is 5.91 Å². The standard InChI is InChI=1S/C21H14Cl3N3O/c1-11-6-12-7-19(27-20(12)25-10-11)15-9-14(3-5-17(15)23)26-21(28)16-8-13(22)2-4-18(16)24/h2-6,8-10H,7H2,1H3,(H,26,28). The number of anilines is 1. The van der Waals surface area contributed by atoms with Crippen molar-refractivity contribution in [2.45, 2.75) is 13.3 Å². The van der Waals surface area contributed by atoms with Crippen LogP contribution < -0.4 is 5.32 Å². The molecule has 1 aliphatic rings. The molecule has 4 rings (SSSR count). The van der Waals surface area contributed by atoms with Crippen LogP contribution >= 0.6 is 34.8 Å². The minimum Gasteiger partial charge on any atom is -0.322 e. The molecular weight excluding hydrogens is 417 g/mol. The Bertz CT molecular complexity index is 1140. The maximum absolute atomic E-state index is 12.6. The molecule has 0 spiro atoms. The molecule has 0 aliphatic carbocycles. The Morgan fingerprint density at radius 2 is 1.82 bits per heavy atom. The number of aromatic nitrogens is 1. The van der Waals surface area contributed by atoms with Gasteiger partial charge in [0.1, 0.15) is 0 Å². The SMILES string of the molecule is Cc1cnc2c(c1)CC(c1cc(NC(=O)c3cc(Cl)ccc3Cl)ccc1Cl)=N2. The highest BCUT2D eigenvalue weighted by Gasteiger charge is 2.20. The molecule has 2 aromatic carbocycles. The largest absolute Gasteiger partial charge is 0.322 e. The summed E-state index contributed by atoms with van der Waals surface area (Å²) in [7, 11) is 0. The Hall–Kier alpha value is -2.40. The lowest BCUT2D eigenvalue weighted by atomic mass is 10.0. The minimum atomic E-state index is -0.352. The second-order valence-electron chi connectivity index (χ2n) is 6.50. The highest BCUT2D eigenvalue weighted by atomic mass is 35.5. The van der Waals surface area contributed by atoms with Crippen LogP contribution in [0.25, 0.3) is 0 Å². The fraction of sp³-hybridized carbons (Fsp3) is 0.0952. The number of carbonyl (C=O) groups excluding carboxylic acids is 1. The first-order valence-electron chi connectivity index (χ1n) is 8.50. The van der Waals surface area contributed by atoms with E-state index in [9.17, 15) is 4.79 Å². The molecule has 1 aliphatic heterocycles. The molecule has 7 heteroatoms. The summed E-state index contributed by atoms with van der Waals surface area (Å²) in [6, 6.07) is 12.1. The van der Waals surface area contributed by atoms with Crippen LogP contribution in [0.4, 0.5) is 11.5 Å². The van der Waals surface area contributed by atoms with Crippen LogP contribution in [0, 0.1) is 6.92 Å². The number of carbonyl (C=O) groups is 1. The van der Waals surface area contributed by atoms with Gasteiger partial charge in [0.2, 0.25) is 0 Å². The van der Waals surface area contributed by atoms with Gasteiger partial charge in [0.05, 0.1) is 16.3 Å². The molecule has 0 radical (unpaired) electrons. The second-order valence-corrected chi connectivity index (χ2v) is 7.75. The highest BCUT2D eigenvalue weighted by molar-refractivity contribution is 6.36. The number of hydrogen-bond donors (Lipinski definition) is 1. The fourth-order valence-electron chi connectivity index (χ4n) is 3.05. The van der Waals surface area contributed by atoms with Gasteiger partial charge in [0.15, 0.2) is 5.82 Å². The minimum absolute atomic E-state index is 0.302. The van der Waals surface area contributed by atoms with E-state index in [0.29, 0.717) is 38.6 Å². The topological polar surface area (TPSA) is 54.4 Å². The lowest BCUT2D eigenvalue weighted by Gasteiger charge is -2.10. The van der Waals surface area contributed by atoms with Crippen molar-refractivity contribution in [2.75, 3.05) is 5.32 Å². The number of halogens is 3. The van der Waals surface area contributed by atoms with E-state index in [0.717, 1.165) is 22.4 Å². The molecule has 28 heavy (non-hydrogen) atoms. The third kappa shape index (κ3) is 3.76. The average molecular weight is 431 g/mol. The van der Waals surface area contributed by atoms with Gasteiger partial charge < -0.3 is 5.32 Å². The van der Waals surface area contributed by atoms with Gasteiger partial charge in [-0.15, -0.1) is 0 Å². The molecule has 0 atom stereocenters. The van der Waals surface area contributed by atoms with Crippen LogP contribution in [0.1, 0.15) is 27.0 Å². The van der Waals surface area contributed by atoms with Crippen LogP contribution in [0.2, 0.25) is 15.1 Å². The molecule has 3 aromatic rings. The first-order valence-corrected chi connectivity index (χ1v) is 9.63. The van der Waals surface area contributed by atoms with Crippen molar-refractivity contribution < 1.29 is 4.79 Å². The quantitative estimate of drug-likeness (QED) is 0.531. The molecule has 1 amide bonds. The predicted molar refractivity (Wildman–Crippen MR) is 115 cm³/mol. The Morgan fingerprint density at radius 1 is 1.04 bits per heavy atom. The summed E-state index contributed by atoms with van der Waals surface area (Å²) in [6.45, 7) is 2.00. The van der Waals surface area contributed by atoms with Crippen molar-refractivity contribution in [3.05, 3.63) is 86.0 Å². The molecule has 1 aromatic heterocycles. The van der Waals surface area contributed by atoms with Crippen molar-refractivity contribution in [1.29, 1.82) is 0 Å². The summed E-state index contributed by atoms with van der Waals surface area (Å²) in [4.78, 5) is 21.6. The highest BCUT2D eigenvalue weighted by Crippen LogP contribution is 2.31. The van der Waals surface area contributed by atoms with Gasteiger partial charge in [-0.25, -0.2) is 9.98 Å². The number of pyridine rings is 1. The summed E-state index contributed by atoms with van der Waals surface area (Å²) < 4.78 is 0. The Labute approximate surface area is 177 Å². The predicted octanol–water partition coefficient (Wildman–Crippen LogP) is 6.28. The molecule has 2 heterocycles. The molecule has 0 fully saturated rings. The molecule has 0 saturated heterocycles. The number of benzene rings is 2. The van der Waals surface area contributed by atoms with Crippen molar-refractivity contribution in [3.8, 4) is 0 Å². The van der Waals surface area contributed by atoms with Gasteiger partial charge in [0, 0.05) is 39.5 Å². The van der Waals surface area contributed by atoms with E-state index in [2.05, 4.69) is 21.4 Å². The third-order valence-electron chi connectivity index (χ3n) is 4.39. The third-order valence-corrected chi connectivity index (χ3v) is 5.28. The van der Waals surface area contributed by atoms with Gasteiger partial charge in [-0.1, -0.05) is 40.9 Å². The van der Waals surface area contributed by atoms with Crippen LogP contribution in [0.5, 0.6) is 0 Å². The molecule has 0 bridgehead atoms. The zero-order chi connectivity index (χ0) is 19.8. The van der Waals surface area contributed by atoms with Crippen molar-refractivity contribution >= 4 is 57.9 Å². The van der Waals surface area contributed by atoms with Crippen LogP contribution in [-0.2, 0) is 6.42 Å². The Balaban J connectivity index is 1.62. The zero-order valence-electron chi connectivity index (χ0n) is 14.8. The van der Waals surface area contributed by atoms with E-state index in [1.54, 1.807) is 36.5 Å². The fourth-order valence-corrected chi connectivity index (χ4v) is 3.65. The monoisotopic (exact) mass is 429 g/mol. The van der Waals surface area contributed by atoms with Crippen molar-refractivity contribution in [1.82, 2.24) is 4.98 Å². The summed E-state index contributed by atoms with van der Waals surface area (Å²) in [6.07, 6.45) is 2.43. The molecule has 0 unspecified atom stereocenters. The van der Waals surface area contributed by atoms with E-state index < -0.39 is 0 Å². The van der Waals surface area contributed by atoms with Crippen LogP contribution in [-0.4, -0.2) is 16.6 Å².